The van der Waals surface area contributed by atoms with Crippen LogP contribution in [0.15, 0.2) is 71.4 Å². The van der Waals surface area contributed by atoms with Crippen LogP contribution in [0.5, 0.6) is 0 Å². The van der Waals surface area contributed by atoms with Crippen LogP contribution >= 0.6 is 0 Å². The average Bonchev–Trinajstić information content (AvgIpc) is 2.92. The van der Waals surface area contributed by atoms with Gasteiger partial charge < -0.3 is 4.74 Å². The number of para-hydroxylation sites is 1. The van der Waals surface area contributed by atoms with Crippen molar-refractivity contribution in [2.45, 2.75) is 20.0 Å². The third kappa shape index (κ3) is 3.94. The fourth-order valence-corrected chi connectivity index (χ4v) is 3.21. The molecule has 0 N–H and O–H groups in total. The number of esters is 1. The quantitative estimate of drug-likeness (QED) is 0.537. The molecule has 2 aromatic carbocycles. The first-order valence-corrected chi connectivity index (χ1v) is 8.91. The molecular weight excluding hydrogens is 383 g/mol. The summed E-state index contributed by atoms with van der Waals surface area (Å²) in [4.78, 5) is 27.0. The lowest BCUT2D eigenvalue weighted by Crippen LogP contribution is -2.24. The number of benzene rings is 2. The zero-order valence-corrected chi connectivity index (χ0v) is 15.8. The van der Waals surface area contributed by atoms with Gasteiger partial charge >= 0.3 is 12.1 Å². The summed E-state index contributed by atoms with van der Waals surface area (Å²) in [5.74, 6) is -1.35. The second-order valence-electron chi connectivity index (χ2n) is 6.30. The minimum absolute atomic E-state index is 0.0438. The maximum Gasteiger partial charge on any atom is 0.416 e. The number of alkyl halides is 3. The SMILES string of the molecule is CCOC(=O)C1=C(C)N(c2ccccc2)C(=O)/C1=C\c1ccccc1C(F)(F)F. The van der Waals surface area contributed by atoms with Crippen molar-refractivity contribution >= 4 is 23.6 Å². The summed E-state index contributed by atoms with van der Waals surface area (Å²) in [6, 6.07) is 13.5. The summed E-state index contributed by atoms with van der Waals surface area (Å²) in [6.07, 6.45) is -3.50. The predicted octanol–water partition coefficient (Wildman–Crippen LogP) is 4.97. The largest absolute Gasteiger partial charge is 0.462 e. The van der Waals surface area contributed by atoms with Gasteiger partial charge in [0.1, 0.15) is 0 Å². The van der Waals surface area contributed by atoms with Crippen LogP contribution < -0.4 is 4.90 Å². The van der Waals surface area contributed by atoms with E-state index in [1.165, 1.54) is 23.1 Å². The zero-order chi connectivity index (χ0) is 21.2. The van der Waals surface area contributed by atoms with Gasteiger partial charge in [-0.3, -0.25) is 9.69 Å². The molecule has 3 rings (SSSR count). The topological polar surface area (TPSA) is 46.6 Å². The van der Waals surface area contributed by atoms with Crippen molar-refractivity contribution in [3.05, 3.63) is 82.6 Å². The Morgan fingerprint density at radius 2 is 1.69 bits per heavy atom. The van der Waals surface area contributed by atoms with Crippen molar-refractivity contribution in [2.75, 3.05) is 11.5 Å². The molecule has 0 atom stereocenters. The van der Waals surface area contributed by atoms with E-state index in [1.54, 1.807) is 44.2 Å². The summed E-state index contributed by atoms with van der Waals surface area (Å²) in [7, 11) is 0. The predicted molar refractivity (Wildman–Crippen MR) is 103 cm³/mol. The average molecular weight is 401 g/mol. The third-order valence-corrected chi connectivity index (χ3v) is 4.46. The molecule has 4 nitrogen and oxygen atoms in total. The summed E-state index contributed by atoms with van der Waals surface area (Å²) < 4.78 is 45.2. The number of anilines is 1. The molecule has 0 aromatic heterocycles. The maximum absolute atomic E-state index is 13.4. The number of allylic oxidation sites excluding steroid dienone is 1. The van der Waals surface area contributed by atoms with Gasteiger partial charge in [0.05, 0.1) is 23.3 Å². The minimum Gasteiger partial charge on any atom is -0.462 e. The summed E-state index contributed by atoms with van der Waals surface area (Å²) in [6.45, 7) is 3.25. The van der Waals surface area contributed by atoms with Crippen LogP contribution in [-0.4, -0.2) is 18.5 Å². The highest BCUT2D eigenvalue weighted by atomic mass is 19.4. The fraction of sp³-hybridized carbons (Fsp3) is 0.182. The molecule has 0 saturated heterocycles. The van der Waals surface area contributed by atoms with Gasteiger partial charge in [-0.1, -0.05) is 36.4 Å². The van der Waals surface area contributed by atoms with Gasteiger partial charge in [-0.2, -0.15) is 13.2 Å². The van der Waals surface area contributed by atoms with Crippen LogP contribution in [0.1, 0.15) is 25.0 Å². The van der Waals surface area contributed by atoms with Gasteiger partial charge in [-0.25, -0.2) is 4.79 Å². The molecule has 1 aliphatic heterocycles. The van der Waals surface area contributed by atoms with Crippen molar-refractivity contribution in [3.63, 3.8) is 0 Å². The van der Waals surface area contributed by atoms with Gasteiger partial charge in [0.25, 0.3) is 5.91 Å². The minimum atomic E-state index is -4.60. The van der Waals surface area contributed by atoms with Crippen LogP contribution in [0.25, 0.3) is 6.08 Å². The van der Waals surface area contributed by atoms with E-state index in [0.29, 0.717) is 11.4 Å². The van der Waals surface area contributed by atoms with Crippen LogP contribution in [-0.2, 0) is 20.5 Å². The summed E-state index contributed by atoms with van der Waals surface area (Å²) in [5.41, 5.74) is -0.467. The molecule has 0 spiro atoms. The monoisotopic (exact) mass is 401 g/mol. The lowest BCUT2D eigenvalue weighted by Gasteiger charge is -2.17. The van der Waals surface area contributed by atoms with Crippen molar-refractivity contribution < 1.29 is 27.5 Å². The van der Waals surface area contributed by atoms with Crippen LogP contribution in [0, 0.1) is 0 Å². The van der Waals surface area contributed by atoms with Crippen molar-refractivity contribution in [3.8, 4) is 0 Å². The molecule has 0 fully saturated rings. The van der Waals surface area contributed by atoms with Gasteiger partial charge in [0.15, 0.2) is 0 Å². The molecule has 1 amide bonds. The maximum atomic E-state index is 13.4. The first-order chi connectivity index (χ1) is 13.8. The molecular formula is C22H18F3NO3. The van der Waals surface area contributed by atoms with E-state index in [1.807, 2.05) is 0 Å². The summed E-state index contributed by atoms with van der Waals surface area (Å²) >= 11 is 0. The Morgan fingerprint density at radius 1 is 1.07 bits per heavy atom. The van der Waals surface area contributed by atoms with Crippen molar-refractivity contribution in [1.29, 1.82) is 0 Å². The van der Waals surface area contributed by atoms with Crippen LogP contribution in [0.3, 0.4) is 0 Å². The zero-order valence-electron chi connectivity index (χ0n) is 15.8. The van der Waals surface area contributed by atoms with E-state index in [0.717, 1.165) is 12.1 Å². The number of ether oxygens (including phenoxy) is 1. The van der Waals surface area contributed by atoms with E-state index < -0.39 is 23.6 Å². The molecule has 1 heterocycles. The molecule has 1 aliphatic rings. The highest BCUT2D eigenvalue weighted by molar-refractivity contribution is 6.23. The Balaban J connectivity index is 2.19. The van der Waals surface area contributed by atoms with E-state index in [4.69, 9.17) is 4.74 Å². The molecule has 0 saturated carbocycles. The highest BCUT2D eigenvalue weighted by Gasteiger charge is 2.39. The second kappa shape index (κ2) is 7.95. The summed E-state index contributed by atoms with van der Waals surface area (Å²) in [5, 5.41) is 0. The Kier molecular flexibility index (Phi) is 5.59. The molecule has 150 valence electrons. The molecule has 0 unspecified atom stereocenters. The molecule has 0 aliphatic carbocycles. The van der Waals surface area contributed by atoms with Gasteiger partial charge in [-0.05, 0) is 43.7 Å². The van der Waals surface area contributed by atoms with Gasteiger partial charge in [0.2, 0.25) is 0 Å². The van der Waals surface area contributed by atoms with Gasteiger partial charge in [-0.15, -0.1) is 0 Å². The van der Waals surface area contributed by atoms with E-state index in [-0.39, 0.29) is 23.3 Å². The number of amides is 1. The van der Waals surface area contributed by atoms with Crippen molar-refractivity contribution in [2.24, 2.45) is 0 Å². The number of hydrogen-bond acceptors (Lipinski definition) is 3. The van der Waals surface area contributed by atoms with E-state index >= 15 is 0 Å². The van der Waals surface area contributed by atoms with E-state index in [2.05, 4.69) is 0 Å². The normalized spacial score (nSPS) is 16.0. The number of carbonyl (C=O) groups excluding carboxylic acids is 2. The molecule has 7 heteroatoms. The molecule has 2 aromatic rings. The third-order valence-electron chi connectivity index (χ3n) is 4.46. The standard InChI is InChI=1S/C22H18F3NO3/c1-3-29-21(28)19-14(2)26(16-10-5-4-6-11-16)20(27)17(19)13-15-9-7-8-12-18(15)22(23,24)25/h4-13H,3H2,1-2H3/b17-13-. The number of rotatable bonds is 4. The Hall–Kier alpha value is -3.35. The van der Waals surface area contributed by atoms with Crippen LogP contribution in [0.2, 0.25) is 0 Å². The smallest absolute Gasteiger partial charge is 0.416 e. The second-order valence-corrected chi connectivity index (χ2v) is 6.30. The van der Waals surface area contributed by atoms with Crippen LogP contribution in [0.4, 0.5) is 18.9 Å². The molecule has 0 bridgehead atoms. The highest BCUT2D eigenvalue weighted by Crippen LogP contribution is 2.38. The number of halogens is 3. The number of carbonyl (C=O) groups is 2. The number of hydrogen-bond donors (Lipinski definition) is 0. The Bertz CT molecular complexity index is 1010. The first kappa shape index (κ1) is 20.4. The molecule has 0 radical (unpaired) electrons. The fourth-order valence-electron chi connectivity index (χ4n) is 3.21. The van der Waals surface area contributed by atoms with Crippen molar-refractivity contribution in [1.82, 2.24) is 0 Å². The van der Waals surface area contributed by atoms with E-state index in [9.17, 15) is 22.8 Å². The Labute approximate surface area is 165 Å². The number of nitrogens with zero attached hydrogens (tertiary/aromatic N) is 1. The lowest BCUT2D eigenvalue weighted by atomic mass is 10.00. The molecule has 29 heavy (non-hydrogen) atoms. The Morgan fingerprint density at radius 3 is 2.31 bits per heavy atom. The van der Waals surface area contributed by atoms with Gasteiger partial charge in [0, 0.05) is 11.4 Å². The lowest BCUT2D eigenvalue weighted by molar-refractivity contribution is -0.138. The first-order valence-electron chi connectivity index (χ1n) is 8.91.